The third-order valence-corrected chi connectivity index (χ3v) is 8.81. The molecular weight excluding hydrogens is 614 g/mol. The van der Waals surface area contributed by atoms with Crippen LogP contribution in [-0.2, 0) is 28.4 Å². The molecule has 46 heavy (non-hydrogen) atoms. The first kappa shape index (κ1) is 37.8. The molecule has 3 heterocycles. The van der Waals surface area contributed by atoms with Gasteiger partial charge in [-0.15, -0.1) is 0 Å². The van der Waals surface area contributed by atoms with Gasteiger partial charge in [-0.05, 0) is 13.5 Å². The Hall–Kier alpha value is -1.02. The molecule has 0 amide bonds. The third kappa shape index (κ3) is 8.58. The van der Waals surface area contributed by atoms with Crippen LogP contribution in [0.5, 0.6) is 0 Å². The molecule has 0 aromatic heterocycles. The van der Waals surface area contributed by atoms with E-state index in [2.05, 4.69) is 10.6 Å². The summed E-state index contributed by atoms with van der Waals surface area (Å²) in [6.07, 6.45) is -12.6. The number of nitrogens with one attached hydrogen (secondary N) is 2. The van der Waals surface area contributed by atoms with Crippen LogP contribution in [-0.4, -0.2) is 181 Å². The summed E-state index contributed by atoms with van der Waals surface area (Å²) in [7, 11) is 1.77. The average Bonchev–Trinajstić information content (AvgIpc) is 3.34. The highest BCUT2D eigenvalue weighted by Crippen LogP contribution is 2.34. The third-order valence-electron chi connectivity index (χ3n) is 8.81. The monoisotopic (exact) mass is 667 g/mol. The van der Waals surface area contributed by atoms with Gasteiger partial charge in [0.05, 0.1) is 37.0 Å². The van der Waals surface area contributed by atoms with E-state index in [1.165, 1.54) is 0 Å². The van der Waals surface area contributed by atoms with Crippen LogP contribution in [0.4, 0.5) is 0 Å². The molecule has 3 aliphatic heterocycles. The van der Waals surface area contributed by atoms with Gasteiger partial charge in [0.2, 0.25) is 0 Å². The molecule has 18 N–H and O–H groups in total. The Morgan fingerprint density at radius 1 is 0.826 bits per heavy atom. The van der Waals surface area contributed by atoms with Crippen molar-refractivity contribution in [1.29, 1.82) is 0 Å². The Morgan fingerprint density at radius 2 is 1.50 bits per heavy atom. The van der Waals surface area contributed by atoms with Gasteiger partial charge in [0.25, 0.3) is 0 Å². The second-order valence-corrected chi connectivity index (χ2v) is 12.2. The SMILES string of the molecule is CNC[C@@H]1C=C[C@@H](N)[C@@H](O[C@H]2[C@H](O[C@@H]3O[C@H](CO)[C@@H](O[C@H]4O[C@@H](CN)[C@@H](O)[C@H](O)[C@H]4N)[C@H]3O)[C@@H](O)[C@H](NCC(O)CN)C[C@@H]2N)O1. The van der Waals surface area contributed by atoms with E-state index in [1.807, 2.05) is 6.08 Å². The van der Waals surface area contributed by atoms with Crippen LogP contribution in [0.3, 0.4) is 0 Å². The number of aliphatic hydroxyl groups is 6. The Morgan fingerprint density at radius 3 is 2.15 bits per heavy atom. The van der Waals surface area contributed by atoms with Crippen molar-refractivity contribution in [2.45, 2.75) is 117 Å². The fraction of sp³-hybridized carbons (Fsp3) is 0.926. The summed E-state index contributed by atoms with van der Waals surface area (Å²) < 4.78 is 35.8. The van der Waals surface area contributed by atoms with Gasteiger partial charge in [0, 0.05) is 38.3 Å². The average molecular weight is 668 g/mol. The number of aliphatic hydroxyl groups excluding tert-OH is 6. The highest BCUT2D eigenvalue weighted by Gasteiger charge is 2.53. The van der Waals surface area contributed by atoms with Crippen LogP contribution in [0.25, 0.3) is 0 Å². The molecule has 0 aromatic carbocycles. The van der Waals surface area contributed by atoms with E-state index in [0.29, 0.717) is 6.54 Å². The first-order valence-electron chi connectivity index (χ1n) is 15.6. The summed E-state index contributed by atoms with van der Waals surface area (Å²) in [6.45, 7) is -0.225. The lowest BCUT2D eigenvalue weighted by atomic mass is 9.83. The van der Waals surface area contributed by atoms with E-state index in [-0.39, 0.29) is 32.2 Å². The predicted octanol–water partition coefficient (Wildman–Crippen LogP) is -7.85. The van der Waals surface area contributed by atoms with Gasteiger partial charge in [-0.1, -0.05) is 12.2 Å². The van der Waals surface area contributed by atoms with Crippen molar-refractivity contribution >= 4 is 0 Å². The van der Waals surface area contributed by atoms with Gasteiger partial charge in [-0.25, -0.2) is 0 Å². The normalized spacial score (nSPS) is 47.3. The fourth-order valence-electron chi connectivity index (χ4n) is 6.10. The van der Waals surface area contributed by atoms with Crippen molar-refractivity contribution in [3.63, 3.8) is 0 Å². The molecule has 1 unspecified atom stereocenters. The number of rotatable bonds is 14. The van der Waals surface area contributed by atoms with Crippen molar-refractivity contribution in [2.24, 2.45) is 28.7 Å². The number of hydrogen-bond acceptors (Lipinski definition) is 19. The summed E-state index contributed by atoms with van der Waals surface area (Å²) in [5.74, 6) is 0. The smallest absolute Gasteiger partial charge is 0.187 e. The summed E-state index contributed by atoms with van der Waals surface area (Å²) in [5.41, 5.74) is 30.0. The van der Waals surface area contributed by atoms with Crippen molar-refractivity contribution < 1.29 is 59.1 Å². The van der Waals surface area contributed by atoms with Gasteiger partial charge in [-0.2, -0.15) is 0 Å². The number of nitrogens with two attached hydrogens (primary N) is 5. The van der Waals surface area contributed by atoms with Gasteiger partial charge >= 0.3 is 0 Å². The first-order valence-corrected chi connectivity index (χ1v) is 15.6. The van der Waals surface area contributed by atoms with Crippen LogP contribution in [0.15, 0.2) is 12.2 Å². The van der Waals surface area contributed by atoms with E-state index in [1.54, 1.807) is 13.1 Å². The fourth-order valence-corrected chi connectivity index (χ4v) is 6.10. The highest BCUT2D eigenvalue weighted by molar-refractivity contribution is 5.06. The lowest BCUT2D eigenvalue weighted by Crippen LogP contribution is -2.66. The molecular formula is C27H53N7O12. The Kier molecular flexibility index (Phi) is 14.0. The zero-order valence-electron chi connectivity index (χ0n) is 25.8. The molecule has 268 valence electrons. The molecule has 19 nitrogen and oxygen atoms in total. The van der Waals surface area contributed by atoms with Crippen LogP contribution >= 0.6 is 0 Å². The van der Waals surface area contributed by atoms with E-state index >= 15 is 0 Å². The van der Waals surface area contributed by atoms with Crippen LogP contribution in [0, 0.1) is 0 Å². The Labute approximate surface area is 267 Å². The van der Waals surface area contributed by atoms with Crippen LogP contribution in [0.2, 0.25) is 0 Å². The van der Waals surface area contributed by atoms with E-state index in [9.17, 15) is 30.6 Å². The summed E-state index contributed by atoms with van der Waals surface area (Å²) in [4.78, 5) is 0. The van der Waals surface area contributed by atoms with E-state index in [0.717, 1.165) is 0 Å². The maximum atomic E-state index is 11.5. The molecule has 4 rings (SSSR count). The molecule has 3 fully saturated rings. The molecule has 0 bridgehead atoms. The van der Waals surface area contributed by atoms with Crippen molar-refractivity contribution in [3.8, 4) is 0 Å². The predicted molar refractivity (Wildman–Crippen MR) is 159 cm³/mol. The summed E-state index contributed by atoms with van der Waals surface area (Å²) in [5, 5.41) is 69.6. The van der Waals surface area contributed by atoms with E-state index < -0.39 is 111 Å². The van der Waals surface area contributed by atoms with E-state index in [4.69, 9.17) is 57.1 Å². The molecule has 0 aromatic rings. The first-order chi connectivity index (χ1) is 21.9. The highest BCUT2D eigenvalue weighted by atomic mass is 16.8. The van der Waals surface area contributed by atoms with Crippen molar-refractivity contribution in [2.75, 3.05) is 39.8 Å². The van der Waals surface area contributed by atoms with Gasteiger partial charge in [-0.3, -0.25) is 0 Å². The Bertz CT molecular complexity index is 961. The largest absolute Gasteiger partial charge is 0.394 e. The maximum absolute atomic E-state index is 11.5. The molecule has 1 saturated carbocycles. The zero-order valence-corrected chi connectivity index (χ0v) is 25.8. The molecule has 18 atom stereocenters. The quantitative estimate of drug-likeness (QED) is 0.0765. The van der Waals surface area contributed by atoms with Gasteiger partial charge in [0.1, 0.15) is 48.8 Å². The molecule has 4 aliphatic rings. The topological polar surface area (TPSA) is 331 Å². The minimum absolute atomic E-state index is 0.00579. The van der Waals surface area contributed by atoms with Gasteiger partial charge in [0.15, 0.2) is 18.9 Å². The number of likely N-dealkylation sites (N-methyl/N-ethyl adjacent to an activating group) is 1. The van der Waals surface area contributed by atoms with Crippen LogP contribution < -0.4 is 39.3 Å². The zero-order chi connectivity index (χ0) is 33.7. The summed E-state index contributed by atoms with van der Waals surface area (Å²) >= 11 is 0. The molecule has 0 radical (unpaired) electrons. The Balaban J connectivity index is 1.53. The van der Waals surface area contributed by atoms with Crippen molar-refractivity contribution in [1.82, 2.24) is 10.6 Å². The lowest BCUT2D eigenvalue weighted by Gasteiger charge is -2.46. The second-order valence-electron chi connectivity index (χ2n) is 12.2. The number of hydrogen-bond donors (Lipinski definition) is 13. The summed E-state index contributed by atoms with van der Waals surface area (Å²) in [6, 6.07) is -3.33. The number of ether oxygens (including phenoxy) is 6. The van der Waals surface area contributed by atoms with Crippen molar-refractivity contribution in [3.05, 3.63) is 12.2 Å². The maximum Gasteiger partial charge on any atom is 0.187 e. The van der Waals surface area contributed by atoms with Crippen LogP contribution in [0.1, 0.15) is 6.42 Å². The minimum atomic E-state index is -1.57. The lowest BCUT2D eigenvalue weighted by molar-refractivity contribution is -0.284. The second kappa shape index (κ2) is 17.1. The standard InChI is InChI=1S/C27H53N7O12/c1-33-8-11-2-3-12(30)25(41-11)44-22-13(31)4-14(34-7-10(36)5-28)18(37)24(22)46-27-21(40)23(16(9-35)43-27)45-26-17(32)20(39)19(38)15(6-29)42-26/h2-3,10-27,33-40H,4-9,28-32H2,1H3/t10?,11-,12+,13-,14+,15-,16+,17+,18-,19+,20+,21+,22+,23+,24+,25+,26+,27-/m0/s1. The molecule has 0 spiro atoms. The molecule has 1 aliphatic carbocycles. The van der Waals surface area contributed by atoms with Gasteiger partial charge < -0.3 is 98.4 Å². The molecule has 2 saturated heterocycles. The minimum Gasteiger partial charge on any atom is -0.394 e. The molecule has 19 heteroatoms.